The summed E-state index contributed by atoms with van der Waals surface area (Å²) in [5.41, 5.74) is 3.33. The van der Waals surface area contributed by atoms with E-state index in [2.05, 4.69) is 22.9 Å². The Kier molecular flexibility index (Phi) is 8.19. The molecule has 40 heavy (non-hydrogen) atoms. The summed E-state index contributed by atoms with van der Waals surface area (Å²) < 4.78 is 27.3. The SMILES string of the molecule is CCC1(C(=O)N[C@@H](Cc2ccccc2)[C@H](O)CNC2(C)CCCCC2)C=C2NCC3=C2C(=C1)N(C)S(=O)(=O)CC3. The zero-order chi connectivity index (χ0) is 28.5. The molecule has 8 nitrogen and oxygen atoms in total. The van der Waals surface area contributed by atoms with Crippen LogP contribution in [-0.2, 0) is 21.2 Å². The predicted octanol–water partition coefficient (Wildman–Crippen LogP) is 3.13. The van der Waals surface area contributed by atoms with Gasteiger partial charge >= 0.3 is 0 Å². The number of hydrogen-bond acceptors (Lipinski definition) is 6. The highest BCUT2D eigenvalue weighted by Gasteiger charge is 2.44. The minimum absolute atomic E-state index is 0.00641. The fraction of sp³-hybridized carbons (Fsp3) is 0.581. The molecule has 0 aromatic heterocycles. The number of sulfonamides is 1. The van der Waals surface area contributed by atoms with Crippen LogP contribution in [0.5, 0.6) is 0 Å². The Morgan fingerprint density at radius 1 is 1.15 bits per heavy atom. The topological polar surface area (TPSA) is 111 Å². The van der Waals surface area contributed by atoms with Gasteiger partial charge in [-0.1, -0.05) is 56.5 Å². The van der Waals surface area contributed by atoms with Gasteiger partial charge in [-0.25, -0.2) is 8.42 Å². The number of amides is 1. The van der Waals surface area contributed by atoms with E-state index in [4.69, 9.17) is 0 Å². The largest absolute Gasteiger partial charge is 0.390 e. The Bertz CT molecular complexity index is 1310. The quantitative estimate of drug-likeness (QED) is 0.364. The van der Waals surface area contributed by atoms with E-state index in [-0.39, 0.29) is 17.2 Å². The second-order valence-electron chi connectivity index (χ2n) is 12.2. The molecule has 2 aliphatic heterocycles. The number of nitrogens with one attached hydrogen (secondary N) is 3. The average molecular weight is 569 g/mol. The lowest BCUT2D eigenvalue weighted by molar-refractivity contribution is -0.128. The second kappa shape index (κ2) is 11.3. The molecule has 1 amide bonds. The van der Waals surface area contributed by atoms with E-state index in [0.29, 0.717) is 38.0 Å². The maximum Gasteiger partial charge on any atom is 0.235 e. The van der Waals surface area contributed by atoms with Gasteiger partial charge in [-0.05, 0) is 62.3 Å². The third-order valence-corrected chi connectivity index (χ3v) is 11.1. The van der Waals surface area contributed by atoms with E-state index >= 15 is 0 Å². The summed E-state index contributed by atoms with van der Waals surface area (Å²) in [5.74, 6) is -0.180. The van der Waals surface area contributed by atoms with Gasteiger partial charge in [0, 0.05) is 36.9 Å². The number of carbonyl (C=O) groups is 1. The van der Waals surface area contributed by atoms with Crippen LogP contribution >= 0.6 is 0 Å². The summed E-state index contributed by atoms with van der Waals surface area (Å²) in [6.45, 7) is 5.14. The summed E-state index contributed by atoms with van der Waals surface area (Å²) in [7, 11) is -1.91. The van der Waals surface area contributed by atoms with Gasteiger partial charge in [0.25, 0.3) is 0 Å². The van der Waals surface area contributed by atoms with Crippen LogP contribution in [0.3, 0.4) is 0 Å². The smallest absolute Gasteiger partial charge is 0.235 e. The monoisotopic (exact) mass is 568 g/mol. The van der Waals surface area contributed by atoms with Crippen LogP contribution in [-0.4, -0.2) is 67.3 Å². The van der Waals surface area contributed by atoms with Crippen LogP contribution in [0.25, 0.3) is 0 Å². The summed E-state index contributed by atoms with van der Waals surface area (Å²) >= 11 is 0. The van der Waals surface area contributed by atoms with Gasteiger partial charge in [-0.3, -0.25) is 9.10 Å². The van der Waals surface area contributed by atoms with E-state index < -0.39 is 27.6 Å². The van der Waals surface area contributed by atoms with Crippen LogP contribution in [0.2, 0.25) is 0 Å². The summed E-state index contributed by atoms with van der Waals surface area (Å²) in [5, 5.41) is 21.7. The predicted molar refractivity (Wildman–Crippen MR) is 158 cm³/mol. The fourth-order valence-corrected chi connectivity index (χ4v) is 7.80. The first-order chi connectivity index (χ1) is 19.1. The Labute approximate surface area is 239 Å². The Hall–Kier alpha value is -2.62. The zero-order valence-electron chi connectivity index (χ0n) is 24.0. The number of β-amino-alcohol motifs (C(OH)–C–C–N with tert-alkyl or cyclic N) is 1. The van der Waals surface area contributed by atoms with Crippen molar-refractivity contribution in [1.82, 2.24) is 20.3 Å². The van der Waals surface area contributed by atoms with Gasteiger partial charge in [-0.2, -0.15) is 0 Å². The molecule has 2 heterocycles. The lowest BCUT2D eigenvalue weighted by atomic mass is 9.76. The number of likely N-dealkylation sites (N-methyl/N-ethyl adjacent to an activating group) is 1. The molecule has 5 rings (SSSR count). The van der Waals surface area contributed by atoms with Gasteiger partial charge in [0.2, 0.25) is 15.9 Å². The lowest BCUT2D eigenvalue weighted by Gasteiger charge is -2.38. The van der Waals surface area contributed by atoms with E-state index in [1.165, 1.54) is 23.6 Å². The number of nitrogens with zero attached hydrogens (tertiary/aromatic N) is 1. The average Bonchev–Trinajstić information content (AvgIpc) is 3.33. The fourth-order valence-electron chi connectivity index (χ4n) is 6.58. The van der Waals surface area contributed by atoms with Crippen LogP contribution in [0.4, 0.5) is 0 Å². The minimum atomic E-state index is -3.49. The third kappa shape index (κ3) is 5.74. The molecule has 9 heteroatoms. The van der Waals surface area contributed by atoms with Gasteiger partial charge in [-0.15, -0.1) is 0 Å². The number of benzene rings is 1. The highest BCUT2D eigenvalue weighted by atomic mass is 32.2. The van der Waals surface area contributed by atoms with Crippen molar-refractivity contribution < 1.29 is 18.3 Å². The van der Waals surface area contributed by atoms with Gasteiger partial charge in [0.15, 0.2) is 0 Å². The maximum atomic E-state index is 14.2. The maximum absolute atomic E-state index is 14.2. The first-order valence-corrected chi connectivity index (χ1v) is 16.3. The van der Waals surface area contributed by atoms with Crippen molar-refractivity contribution in [2.24, 2.45) is 5.41 Å². The highest BCUT2D eigenvalue weighted by Crippen LogP contribution is 2.44. The molecule has 1 fully saturated rings. The van der Waals surface area contributed by atoms with E-state index in [9.17, 15) is 18.3 Å². The molecular formula is C31H44N4O4S. The molecule has 4 N–H and O–H groups in total. The number of carbonyl (C=O) groups excluding carboxylic acids is 1. The van der Waals surface area contributed by atoms with Crippen molar-refractivity contribution >= 4 is 15.9 Å². The molecular weight excluding hydrogens is 524 g/mol. The summed E-state index contributed by atoms with van der Waals surface area (Å²) in [6, 6.07) is 9.38. The Balaban J connectivity index is 1.42. The van der Waals surface area contributed by atoms with E-state index in [1.807, 2.05) is 49.4 Å². The molecule has 1 saturated carbocycles. The number of rotatable bonds is 9. The molecule has 1 aromatic rings. The van der Waals surface area contributed by atoms with Crippen LogP contribution in [0, 0.1) is 5.41 Å². The molecule has 0 spiro atoms. The first kappa shape index (κ1) is 28.9. The minimum Gasteiger partial charge on any atom is -0.390 e. The van der Waals surface area contributed by atoms with Crippen molar-refractivity contribution in [2.75, 3.05) is 25.9 Å². The number of aliphatic hydroxyl groups is 1. The number of hydrogen-bond donors (Lipinski definition) is 4. The van der Waals surface area contributed by atoms with Crippen molar-refractivity contribution in [2.45, 2.75) is 82.9 Å². The summed E-state index contributed by atoms with van der Waals surface area (Å²) in [6.07, 6.45) is 10.2. The Morgan fingerprint density at radius 3 is 2.58 bits per heavy atom. The molecule has 1 unspecified atom stereocenters. The molecule has 4 aliphatic rings. The molecule has 0 bridgehead atoms. The van der Waals surface area contributed by atoms with Crippen LogP contribution < -0.4 is 16.0 Å². The van der Waals surface area contributed by atoms with Crippen LogP contribution in [0.1, 0.15) is 64.4 Å². The molecule has 0 radical (unpaired) electrons. The normalized spacial score (nSPS) is 26.6. The van der Waals surface area contributed by atoms with E-state index in [0.717, 1.165) is 35.2 Å². The third-order valence-electron chi connectivity index (χ3n) is 9.37. The van der Waals surface area contributed by atoms with E-state index in [1.54, 1.807) is 7.05 Å². The van der Waals surface area contributed by atoms with Crippen LogP contribution in [0.15, 0.2) is 65.0 Å². The molecule has 0 saturated heterocycles. The standard InChI is InChI=1S/C31H44N4O4S/c1-4-31(18-25-28-23(20-32-25)13-16-40(38,39)35(3)26(28)19-31)29(37)34-24(17-22-11-7-5-8-12-22)27(36)21-33-30(2)14-9-6-10-15-30/h5,7-8,11-12,18-19,24,27,32-33,36H,4,6,9-10,13-17,20-21H2,1-3H3,(H,34,37)/t24-,27+,31?/m0/s1. The molecule has 1 aromatic carbocycles. The van der Waals surface area contributed by atoms with Crippen molar-refractivity contribution in [3.05, 3.63) is 70.6 Å². The first-order valence-electron chi connectivity index (χ1n) is 14.7. The van der Waals surface area contributed by atoms with Crippen molar-refractivity contribution in [3.8, 4) is 0 Å². The Morgan fingerprint density at radius 2 is 1.88 bits per heavy atom. The van der Waals surface area contributed by atoms with Gasteiger partial charge < -0.3 is 21.1 Å². The van der Waals surface area contributed by atoms with Crippen molar-refractivity contribution in [3.63, 3.8) is 0 Å². The molecule has 3 atom stereocenters. The molecule has 218 valence electrons. The summed E-state index contributed by atoms with van der Waals surface area (Å²) in [4.78, 5) is 14.2. The van der Waals surface area contributed by atoms with Gasteiger partial charge in [0.05, 0.1) is 29.0 Å². The second-order valence-corrected chi connectivity index (χ2v) is 14.3. The highest BCUT2D eigenvalue weighted by molar-refractivity contribution is 7.89. The number of aliphatic hydroxyl groups excluding tert-OH is 1. The molecule has 2 aliphatic carbocycles. The van der Waals surface area contributed by atoms with Crippen molar-refractivity contribution in [1.29, 1.82) is 0 Å². The van der Waals surface area contributed by atoms with Gasteiger partial charge in [0.1, 0.15) is 0 Å². The lowest BCUT2D eigenvalue weighted by Crippen LogP contribution is -2.55. The zero-order valence-corrected chi connectivity index (χ0v) is 24.8.